The number of ether oxygens (including phenoxy) is 1. The molecular weight excluding hydrogens is 262 g/mol. The molecule has 2 fully saturated rings. The van der Waals surface area contributed by atoms with Crippen molar-refractivity contribution in [3.05, 3.63) is 34.3 Å². The van der Waals surface area contributed by atoms with E-state index >= 15 is 0 Å². The molecule has 19 heavy (non-hydrogen) atoms. The Morgan fingerprint density at radius 3 is 3.00 bits per heavy atom. The SMILES string of the molecule is Cc1cccc(C(=O)N2CC[C@]3(CCOC3)C2)c1Cl. The van der Waals surface area contributed by atoms with Gasteiger partial charge < -0.3 is 9.64 Å². The molecule has 0 radical (unpaired) electrons. The van der Waals surface area contributed by atoms with E-state index in [9.17, 15) is 4.79 Å². The number of likely N-dealkylation sites (tertiary alicyclic amines) is 1. The molecule has 2 heterocycles. The topological polar surface area (TPSA) is 29.5 Å². The van der Waals surface area contributed by atoms with Gasteiger partial charge in [0.05, 0.1) is 17.2 Å². The Kier molecular flexibility index (Phi) is 3.27. The number of aryl methyl sites for hydroxylation is 1. The monoisotopic (exact) mass is 279 g/mol. The van der Waals surface area contributed by atoms with E-state index in [0.29, 0.717) is 10.6 Å². The lowest BCUT2D eigenvalue weighted by Gasteiger charge is -2.22. The quantitative estimate of drug-likeness (QED) is 0.791. The summed E-state index contributed by atoms with van der Waals surface area (Å²) in [6.45, 7) is 5.16. The third-order valence-corrected chi connectivity index (χ3v) is 4.83. The molecule has 4 heteroatoms. The molecule has 0 N–H and O–H groups in total. The maximum Gasteiger partial charge on any atom is 0.255 e. The van der Waals surface area contributed by atoms with Crippen LogP contribution in [-0.2, 0) is 4.74 Å². The Balaban J connectivity index is 1.80. The molecule has 2 saturated heterocycles. The minimum absolute atomic E-state index is 0.0532. The number of hydrogen-bond acceptors (Lipinski definition) is 2. The molecule has 1 amide bonds. The normalized spacial score (nSPS) is 26.3. The second-order valence-corrected chi connectivity index (χ2v) is 6.09. The molecule has 3 nitrogen and oxygen atoms in total. The van der Waals surface area contributed by atoms with Gasteiger partial charge in [-0.2, -0.15) is 0 Å². The van der Waals surface area contributed by atoms with Crippen LogP contribution in [0.3, 0.4) is 0 Å². The fourth-order valence-electron chi connectivity index (χ4n) is 3.06. The van der Waals surface area contributed by atoms with Gasteiger partial charge in [0.2, 0.25) is 0 Å². The molecule has 1 aromatic carbocycles. The summed E-state index contributed by atoms with van der Waals surface area (Å²) in [6.07, 6.45) is 2.11. The molecule has 2 aliphatic heterocycles. The highest BCUT2D eigenvalue weighted by Crippen LogP contribution is 2.39. The third kappa shape index (κ3) is 2.26. The third-order valence-electron chi connectivity index (χ3n) is 4.33. The number of benzene rings is 1. The first-order valence-corrected chi connectivity index (χ1v) is 7.11. The standard InChI is InChI=1S/C15H18ClNO2/c1-11-3-2-4-12(13(11)16)14(18)17-7-5-15(9-17)6-8-19-10-15/h2-4H,5-10H2,1H3/t15-/m0/s1. The van der Waals surface area contributed by atoms with E-state index in [0.717, 1.165) is 44.7 Å². The van der Waals surface area contributed by atoms with Crippen LogP contribution >= 0.6 is 11.6 Å². The van der Waals surface area contributed by atoms with Gasteiger partial charge in [-0.3, -0.25) is 4.79 Å². The van der Waals surface area contributed by atoms with Gasteiger partial charge >= 0.3 is 0 Å². The number of nitrogens with zero attached hydrogens (tertiary/aromatic N) is 1. The Hall–Kier alpha value is -1.06. The van der Waals surface area contributed by atoms with Gasteiger partial charge in [-0.1, -0.05) is 23.7 Å². The molecule has 3 rings (SSSR count). The van der Waals surface area contributed by atoms with Crippen LogP contribution in [0.5, 0.6) is 0 Å². The molecule has 0 aromatic heterocycles. The van der Waals surface area contributed by atoms with E-state index in [1.807, 2.05) is 30.0 Å². The van der Waals surface area contributed by atoms with Gasteiger partial charge in [-0.25, -0.2) is 0 Å². The van der Waals surface area contributed by atoms with Crippen molar-refractivity contribution in [1.29, 1.82) is 0 Å². The maximum absolute atomic E-state index is 12.6. The van der Waals surface area contributed by atoms with Crippen molar-refractivity contribution in [3.63, 3.8) is 0 Å². The van der Waals surface area contributed by atoms with Crippen LogP contribution in [0.15, 0.2) is 18.2 Å². The van der Waals surface area contributed by atoms with E-state index in [-0.39, 0.29) is 11.3 Å². The summed E-state index contributed by atoms with van der Waals surface area (Å²) >= 11 is 6.25. The van der Waals surface area contributed by atoms with Crippen LogP contribution in [0.2, 0.25) is 5.02 Å². The maximum atomic E-state index is 12.6. The Morgan fingerprint density at radius 2 is 2.26 bits per heavy atom. The number of carbonyl (C=O) groups is 1. The van der Waals surface area contributed by atoms with Gasteiger partial charge in [0.15, 0.2) is 0 Å². The fraction of sp³-hybridized carbons (Fsp3) is 0.533. The highest BCUT2D eigenvalue weighted by molar-refractivity contribution is 6.34. The molecule has 0 unspecified atom stereocenters. The first-order valence-electron chi connectivity index (χ1n) is 6.73. The zero-order chi connectivity index (χ0) is 13.5. The number of carbonyl (C=O) groups excluding carboxylic acids is 1. The van der Waals surface area contributed by atoms with Crippen molar-refractivity contribution < 1.29 is 9.53 Å². The highest BCUT2D eigenvalue weighted by atomic mass is 35.5. The minimum Gasteiger partial charge on any atom is -0.381 e. The van der Waals surface area contributed by atoms with Gasteiger partial charge in [0.25, 0.3) is 5.91 Å². The van der Waals surface area contributed by atoms with E-state index in [2.05, 4.69) is 0 Å². The van der Waals surface area contributed by atoms with Crippen molar-refractivity contribution in [2.45, 2.75) is 19.8 Å². The molecule has 0 bridgehead atoms. The number of hydrogen-bond donors (Lipinski definition) is 0. The van der Waals surface area contributed by atoms with Crippen molar-refractivity contribution in [2.75, 3.05) is 26.3 Å². The average molecular weight is 280 g/mol. The summed E-state index contributed by atoms with van der Waals surface area (Å²) in [5, 5.41) is 0.580. The zero-order valence-electron chi connectivity index (χ0n) is 11.1. The predicted molar refractivity (Wildman–Crippen MR) is 74.6 cm³/mol. The van der Waals surface area contributed by atoms with Crippen molar-refractivity contribution in [2.24, 2.45) is 5.41 Å². The Morgan fingerprint density at radius 1 is 1.42 bits per heavy atom. The van der Waals surface area contributed by atoms with E-state index < -0.39 is 0 Å². The lowest BCUT2D eigenvalue weighted by molar-refractivity contribution is 0.0766. The van der Waals surface area contributed by atoms with E-state index in [1.54, 1.807) is 0 Å². The molecule has 1 atom stereocenters. The molecule has 0 saturated carbocycles. The van der Waals surface area contributed by atoms with Gasteiger partial charge in [-0.05, 0) is 31.4 Å². The minimum atomic E-state index is 0.0532. The second-order valence-electron chi connectivity index (χ2n) is 5.72. The predicted octanol–water partition coefficient (Wildman–Crippen LogP) is 2.90. The summed E-state index contributed by atoms with van der Waals surface area (Å²) in [6, 6.07) is 5.63. The second kappa shape index (κ2) is 4.80. The lowest BCUT2D eigenvalue weighted by Crippen LogP contribution is -2.32. The first kappa shape index (κ1) is 12.9. The van der Waals surface area contributed by atoms with Crippen molar-refractivity contribution in [3.8, 4) is 0 Å². The summed E-state index contributed by atoms with van der Waals surface area (Å²) in [5.41, 5.74) is 1.77. The highest BCUT2D eigenvalue weighted by Gasteiger charge is 2.43. The lowest BCUT2D eigenvalue weighted by atomic mass is 9.87. The zero-order valence-corrected chi connectivity index (χ0v) is 11.9. The van der Waals surface area contributed by atoms with Crippen molar-refractivity contribution >= 4 is 17.5 Å². The molecule has 102 valence electrons. The number of amides is 1. The van der Waals surface area contributed by atoms with E-state index in [4.69, 9.17) is 16.3 Å². The smallest absolute Gasteiger partial charge is 0.255 e. The summed E-state index contributed by atoms with van der Waals surface area (Å²) in [4.78, 5) is 14.5. The molecule has 2 aliphatic rings. The summed E-state index contributed by atoms with van der Waals surface area (Å²) in [5.74, 6) is 0.0532. The molecule has 0 aliphatic carbocycles. The fourth-order valence-corrected chi connectivity index (χ4v) is 3.27. The number of halogens is 1. The first-order chi connectivity index (χ1) is 9.11. The molecule has 1 aromatic rings. The van der Waals surface area contributed by atoms with Crippen LogP contribution in [0, 0.1) is 12.3 Å². The van der Waals surface area contributed by atoms with Crippen LogP contribution in [0.4, 0.5) is 0 Å². The summed E-state index contributed by atoms with van der Waals surface area (Å²) in [7, 11) is 0. The molecular formula is C15H18ClNO2. The van der Waals surface area contributed by atoms with Gasteiger partial charge in [-0.15, -0.1) is 0 Å². The van der Waals surface area contributed by atoms with Crippen LogP contribution in [0.1, 0.15) is 28.8 Å². The molecule has 1 spiro atoms. The van der Waals surface area contributed by atoms with Gasteiger partial charge in [0.1, 0.15) is 0 Å². The van der Waals surface area contributed by atoms with Crippen LogP contribution < -0.4 is 0 Å². The van der Waals surface area contributed by atoms with E-state index in [1.165, 1.54) is 0 Å². The Bertz CT molecular complexity index is 509. The van der Waals surface area contributed by atoms with Gasteiger partial charge in [0, 0.05) is 25.1 Å². The Labute approximate surface area is 118 Å². The number of rotatable bonds is 1. The van der Waals surface area contributed by atoms with Crippen molar-refractivity contribution in [1.82, 2.24) is 4.90 Å². The largest absolute Gasteiger partial charge is 0.381 e. The van der Waals surface area contributed by atoms with Crippen LogP contribution in [-0.4, -0.2) is 37.1 Å². The average Bonchev–Trinajstić information content (AvgIpc) is 3.03. The van der Waals surface area contributed by atoms with Crippen LogP contribution in [0.25, 0.3) is 0 Å². The summed E-state index contributed by atoms with van der Waals surface area (Å²) < 4.78 is 5.49.